The molecule has 1 aromatic rings. The van der Waals surface area contributed by atoms with Gasteiger partial charge in [-0.3, -0.25) is 4.79 Å². The van der Waals surface area contributed by atoms with Crippen LogP contribution in [0.4, 0.5) is 5.69 Å². The van der Waals surface area contributed by atoms with Gasteiger partial charge in [0.1, 0.15) is 0 Å². The number of hydrogen-bond donors (Lipinski definition) is 2. The van der Waals surface area contributed by atoms with Gasteiger partial charge >= 0.3 is 5.97 Å². The lowest BCUT2D eigenvalue weighted by Crippen LogP contribution is -2.36. The van der Waals surface area contributed by atoms with E-state index in [-0.39, 0.29) is 12.5 Å². The molecule has 114 valence electrons. The molecule has 0 fully saturated rings. The van der Waals surface area contributed by atoms with Crippen LogP contribution in [-0.2, 0) is 14.3 Å². The Hall–Kier alpha value is -2.34. The van der Waals surface area contributed by atoms with E-state index < -0.39 is 5.97 Å². The number of nitrogens with zero attached hydrogens (tertiary/aromatic N) is 1. The number of ether oxygens (including phenoxy) is 1. The SMILES string of the molecule is COCCNC(=O)CN(C)c1ccc(C=CC(=O)O)cc1. The highest BCUT2D eigenvalue weighted by Crippen LogP contribution is 2.14. The summed E-state index contributed by atoms with van der Waals surface area (Å²) in [4.78, 5) is 23.9. The summed E-state index contributed by atoms with van der Waals surface area (Å²) in [6, 6.07) is 7.27. The van der Waals surface area contributed by atoms with Crippen LogP contribution in [-0.4, -0.2) is 50.8 Å². The van der Waals surface area contributed by atoms with Gasteiger partial charge in [-0.1, -0.05) is 12.1 Å². The van der Waals surface area contributed by atoms with E-state index in [2.05, 4.69) is 5.32 Å². The van der Waals surface area contributed by atoms with Gasteiger partial charge in [0.15, 0.2) is 0 Å². The van der Waals surface area contributed by atoms with Gasteiger partial charge in [0.2, 0.25) is 5.91 Å². The van der Waals surface area contributed by atoms with Crippen molar-refractivity contribution in [3.05, 3.63) is 35.9 Å². The molecule has 0 unspecified atom stereocenters. The molecule has 0 saturated heterocycles. The molecule has 1 amide bonds. The van der Waals surface area contributed by atoms with E-state index in [0.29, 0.717) is 13.2 Å². The fraction of sp³-hybridized carbons (Fsp3) is 0.333. The summed E-state index contributed by atoms with van der Waals surface area (Å²) >= 11 is 0. The van der Waals surface area contributed by atoms with Gasteiger partial charge < -0.3 is 20.1 Å². The number of benzene rings is 1. The minimum atomic E-state index is -0.982. The van der Waals surface area contributed by atoms with Gasteiger partial charge in [0.05, 0.1) is 13.2 Å². The molecular formula is C15H20N2O4. The van der Waals surface area contributed by atoms with Crippen molar-refractivity contribution in [2.24, 2.45) is 0 Å². The lowest BCUT2D eigenvalue weighted by molar-refractivity contribution is -0.131. The Morgan fingerprint density at radius 1 is 1.33 bits per heavy atom. The van der Waals surface area contributed by atoms with Crippen molar-refractivity contribution in [1.82, 2.24) is 5.32 Å². The second-order valence-electron chi connectivity index (χ2n) is 4.46. The second-order valence-corrected chi connectivity index (χ2v) is 4.46. The zero-order chi connectivity index (χ0) is 15.7. The fourth-order valence-corrected chi connectivity index (χ4v) is 1.66. The van der Waals surface area contributed by atoms with E-state index in [9.17, 15) is 9.59 Å². The van der Waals surface area contributed by atoms with E-state index in [0.717, 1.165) is 17.3 Å². The molecule has 0 heterocycles. The molecule has 0 aromatic heterocycles. The number of carbonyl (C=O) groups is 2. The first-order valence-electron chi connectivity index (χ1n) is 6.50. The van der Waals surface area contributed by atoms with Gasteiger partial charge in [-0.2, -0.15) is 0 Å². The zero-order valence-corrected chi connectivity index (χ0v) is 12.2. The number of likely N-dealkylation sites (N-methyl/N-ethyl adjacent to an activating group) is 1. The number of anilines is 1. The molecule has 6 heteroatoms. The minimum absolute atomic E-state index is 0.0793. The molecule has 0 atom stereocenters. The van der Waals surface area contributed by atoms with E-state index >= 15 is 0 Å². The Balaban J connectivity index is 2.52. The minimum Gasteiger partial charge on any atom is -0.478 e. The molecule has 0 radical (unpaired) electrons. The van der Waals surface area contributed by atoms with Gasteiger partial charge in [0.25, 0.3) is 0 Å². The average molecular weight is 292 g/mol. The topological polar surface area (TPSA) is 78.9 Å². The van der Waals surface area contributed by atoms with Gasteiger partial charge in [0, 0.05) is 32.5 Å². The van der Waals surface area contributed by atoms with Crippen LogP contribution in [0, 0.1) is 0 Å². The van der Waals surface area contributed by atoms with Crippen molar-refractivity contribution in [3.63, 3.8) is 0 Å². The van der Waals surface area contributed by atoms with Crippen molar-refractivity contribution in [2.45, 2.75) is 0 Å². The van der Waals surface area contributed by atoms with Crippen molar-refractivity contribution in [3.8, 4) is 0 Å². The summed E-state index contributed by atoms with van der Waals surface area (Å²) in [6.45, 7) is 1.22. The number of carboxylic acids is 1. The highest BCUT2D eigenvalue weighted by molar-refractivity contribution is 5.85. The summed E-state index contributed by atoms with van der Waals surface area (Å²) in [6.07, 6.45) is 2.60. The third-order valence-corrected chi connectivity index (χ3v) is 2.76. The fourth-order valence-electron chi connectivity index (χ4n) is 1.66. The molecule has 0 aliphatic rings. The number of aliphatic carboxylic acids is 1. The van der Waals surface area contributed by atoms with Crippen LogP contribution >= 0.6 is 0 Å². The van der Waals surface area contributed by atoms with E-state index in [4.69, 9.17) is 9.84 Å². The van der Waals surface area contributed by atoms with Crippen LogP contribution in [0.2, 0.25) is 0 Å². The Kier molecular flexibility index (Phi) is 6.97. The molecule has 0 aliphatic heterocycles. The predicted molar refractivity (Wildman–Crippen MR) is 81.3 cm³/mol. The molecule has 0 spiro atoms. The number of methoxy groups -OCH3 is 1. The quantitative estimate of drug-likeness (QED) is 0.551. The number of amides is 1. The summed E-state index contributed by atoms with van der Waals surface area (Å²) in [7, 11) is 3.40. The number of carbonyl (C=O) groups excluding carboxylic acids is 1. The van der Waals surface area contributed by atoms with Crippen molar-refractivity contribution >= 4 is 23.6 Å². The van der Waals surface area contributed by atoms with E-state index in [1.807, 2.05) is 24.1 Å². The Labute approximate surface area is 124 Å². The van der Waals surface area contributed by atoms with Crippen molar-refractivity contribution in [2.75, 3.05) is 38.8 Å². The number of nitrogens with one attached hydrogen (secondary N) is 1. The van der Waals surface area contributed by atoms with Crippen LogP contribution in [0.25, 0.3) is 6.08 Å². The predicted octanol–water partition coefficient (Wildman–Crippen LogP) is 0.983. The van der Waals surface area contributed by atoms with Gasteiger partial charge in [-0.05, 0) is 23.8 Å². The standard InChI is InChI=1S/C15H20N2O4/c1-17(11-14(18)16-9-10-21-2)13-6-3-12(4-7-13)5-8-15(19)20/h3-8H,9-11H2,1-2H3,(H,16,18)(H,19,20). The first-order chi connectivity index (χ1) is 10.0. The third-order valence-electron chi connectivity index (χ3n) is 2.76. The molecule has 0 saturated carbocycles. The van der Waals surface area contributed by atoms with Crippen molar-refractivity contribution < 1.29 is 19.4 Å². The third kappa shape index (κ3) is 6.58. The summed E-state index contributed by atoms with van der Waals surface area (Å²) in [5.41, 5.74) is 1.67. The molecule has 0 bridgehead atoms. The molecular weight excluding hydrogens is 272 g/mol. The number of carboxylic acid groups (broad SMARTS) is 1. The summed E-state index contributed by atoms with van der Waals surface area (Å²) in [5, 5.41) is 11.3. The van der Waals surface area contributed by atoms with Crippen LogP contribution in [0.1, 0.15) is 5.56 Å². The van der Waals surface area contributed by atoms with Gasteiger partial charge in [-0.15, -0.1) is 0 Å². The molecule has 1 aromatic carbocycles. The molecule has 21 heavy (non-hydrogen) atoms. The molecule has 1 rings (SSSR count). The smallest absolute Gasteiger partial charge is 0.328 e. The van der Waals surface area contributed by atoms with E-state index in [1.54, 1.807) is 19.2 Å². The lowest BCUT2D eigenvalue weighted by Gasteiger charge is -2.18. The van der Waals surface area contributed by atoms with Crippen LogP contribution in [0.5, 0.6) is 0 Å². The van der Waals surface area contributed by atoms with E-state index in [1.165, 1.54) is 6.08 Å². The number of rotatable bonds is 8. The number of hydrogen-bond acceptors (Lipinski definition) is 4. The average Bonchev–Trinajstić information content (AvgIpc) is 2.45. The first-order valence-corrected chi connectivity index (χ1v) is 6.50. The Morgan fingerprint density at radius 2 is 2.00 bits per heavy atom. The van der Waals surface area contributed by atoms with Crippen LogP contribution in [0.15, 0.2) is 30.3 Å². The molecule has 0 aliphatic carbocycles. The first kappa shape index (κ1) is 16.7. The zero-order valence-electron chi connectivity index (χ0n) is 12.2. The highest BCUT2D eigenvalue weighted by Gasteiger charge is 2.06. The normalized spacial score (nSPS) is 10.6. The molecule has 6 nitrogen and oxygen atoms in total. The van der Waals surface area contributed by atoms with Crippen LogP contribution < -0.4 is 10.2 Å². The summed E-state index contributed by atoms with van der Waals surface area (Å²) < 4.78 is 4.86. The largest absolute Gasteiger partial charge is 0.478 e. The van der Waals surface area contributed by atoms with Crippen molar-refractivity contribution in [1.29, 1.82) is 0 Å². The maximum Gasteiger partial charge on any atom is 0.328 e. The highest BCUT2D eigenvalue weighted by atomic mass is 16.5. The van der Waals surface area contributed by atoms with Crippen LogP contribution in [0.3, 0.4) is 0 Å². The Morgan fingerprint density at radius 3 is 2.57 bits per heavy atom. The maximum atomic E-state index is 11.7. The molecule has 2 N–H and O–H groups in total. The monoisotopic (exact) mass is 292 g/mol. The summed E-state index contributed by atoms with van der Waals surface area (Å²) in [5.74, 6) is -1.06. The Bertz CT molecular complexity index is 497. The van der Waals surface area contributed by atoms with Gasteiger partial charge in [-0.25, -0.2) is 4.79 Å². The maximum absolute atomic E-state index is 11.7. The second kappa shape index (κ2) is 8.76. The lowest BCUT2D eigenvalue weighted by atomic mass is 10.2.